The number of hydrogen-bond donors (Lipinski definition) is 1. The van der Waals surface area contributed by atoms with E-state index in [2.05, 4.69) is 0 Å². The van der Waals surface area contributed by atoms with Crippen molar-refractivity contribution in [1.82, 2.24) is 4.72 Å². The summed E-state index contributed by atoms with van der Waals surface area (Å²) in [5, 5.41) is 21.2. The van der Waals surface area contributed by atoms with Crippen LogP contribution in [0.4, 0.5) is 11.4 Å². The molecule has 0 aliphatic rings. The number of ketones is 1. The molecule has 0 aliphatic heterocycles. The Bertz CT molecular complexity index is 1080. The molecule has 0 heterocycles. The fraction of sp³-hybridized carbons (Fsp3) is 0.176. The first-order valence-corrected chi connectivity index (χ1v) is 9.70. The number of hydrogen-bond acceptors (Lipinski definition) is 9. The topological polar surface area (TPSA) is 176 Å². The van der Waals surface area contributed by atoms with Gasteiger partial charge in [0.15, 0.2) is 12.4 Å². The Hall–Kier alpha value is -3.71. The van der Waals surface area contributed by atoms with Gasteiger partial charge in [0.2, 0.25) is 10.0 Å². The Morgan fingerprint density at radius 2 is 1.43 bits per heavy atom. The molecule has 30 heavy (non-hydrogen) atoms. The molecule has 0 bridgehead atoms. The number of benzene rings is 2. The zero-order valence-corrected chi connectivity index (χ0v) is 16.2. The highest BCUT2D eigenvalue weighted by Crippen LogP contribution is 2.16. The number of nitrogens with zero attached hydrogens (tertiary/aromatic N) is 2. The maximum atomic E-state index is 12.3. The Kier molecular flexibility index (Phi) is 6.92. The van der Waals surface area contributed by atoms with Gasteiger partial charge in [-0.3, -0.25) is 29.8 Å². The predicted octanol–water partition coefficient (Wildman–Crippen LogP) is 1.60. The van der Waals surface area contributed by atoms with E-state index in [0.29, 0.717) is 0 Å². The number of nitrogens with one attached hydrogen (secondary N) is 1. The van der Waals surface area contributed by atoms with Crippen molar-refractivity contribution in [3.05, 3.63) is 74.3 Å². The molecule has 2 rings (SSSR count). The van der Waals surface area contributed by atoms with Gasteiger partial charge < -0.3 is 4.74 Å². The van der Waals surface area contributed by atoms with E-state index in [0.717, 1.165) is 36.4 Å². The van der Waals surface area contributed by atoms with Gasteiger partial charge in [-0.1, -0.05) is 0 Å². The van der Waals surface area contributed by atoms with Gasteiger partial charge in [-0.15, -0.1) is 0 Å². The van der Waals surface area contributed by atoms with E-state index in [-0.39, 0.29) is 21.8 Å². The summed E-state index contributed by atoms with van der Waals surface area (Å²) in [6, 6.07) is 7.32. The van der Waals surface area contributed by atoms with E-state index >= 15 is 0 Å². The van der Waals surface area contributed by atoms with Crippen molar-refractivity contribution in [3.63, 3.8) is 0 Å². The number of rotatable bonds is 9. The van der Waals surface area contributed by atoms with E-state index in [1.165, 1.54) is 19.1 Å². The second-order valence-corrected chi connectivity index (χ2v) is 7.64. The van der Waals surface area contributed by atoms with Crippen molar-refractivity contribution in [2.24, 2.45) is 0 Å². The zero-order chi connectivity index (χ0) is 22.5. The quantitative estimate of drug-likeness (QED) is 0.264. The second kappa shape index (κ2) is 9.19. The second-order valence-electron chi connectivity index (χ2n) is 5.93. The number of carbonyl (C=O) groups excluding carboxylic acids is 2. The van der Waals surface area contributed by atoms with Gasteiger partial charge in [0.25, 0.3) is 11.4 Å². The molecule has 158 valence electrons. The van der Waals surface area contributed by atoms with Crippen LogP contribution in [-0.2, 0) is 19.6 Å². The van der Waals surface area contributed by atoms with Crippen LogP contribution in [0.2, 0.25) is 0 Å². The minimum Gasteiger partial charge on any atom is -0.456 e. The standard InChI is InChI=1S/C17H15N3O9S/c1-11(18-30(27,28)15-8-6-14(7-9-15)20(25)26)17(22)29-10-16(21)12-2-4-13(5-3-12)19(23)24/h2-9,11,18H,10H2,1H3. The van der Waals surface area contributed by atoms with Crippen LogP contribution in [0.25, 0.3) is 0 Å². The van der Waals surface area contributed by atoms with E-state index in [1.807, 2.05) is 4.72 Å². The molecule has 0 spiro atoms. The number of sulfonamides is 1. The normalized spacial score (nSPS) is 12.0. The fourth-order valence-corrected chi connectivity index (χ4v) is 3.40. The molecule has 2 aromatic carbocycles. The lowest BCUT2D eigenvalue weighted by Crippen LogP contribution is -2.40. The van der Waals surface area contributed by atoms with E-state index in [9.17, 15) is 38.2 Å². The molecule has 1 N–H and O–H groups in total. The highest BCUT2D eigenvalue weighted by atomic mass is 32.2. The Labute approximate surface area is 169 Å². The molecule has 0 radical (unpaired) electrons. The third-order valence-corrected chi connectivity index (χ3v) is 5.35. The number of carbonyl (C=O) groups is 2. The molecule has 0 fully saturated rings. The predicted molar refractivity (Wildman–Crippen MR) is 101 cm³/mol. The van der Waals surface area contributed by atoms with Gasteiger partial charge in [0.1, 0.15) is 6.04 Å². The Morgan fingerprint density at radius 3 is 1.90 bits per heavy atom. The third-order valence-electron chi connectivity index (χ3n) is 3.79. The highest BCUT2D eigenvalue weighted by molar-refractivity contribution is 7.89. The van der Waals surface area contributed by atoms with Crippen molar-refractivity contribution >= 4 is 33.2 Å². The molecule has 1 atom stereocenters. The first-order valence-electron chi connectivity index (χ1n) is 8.22. The monoisotopic (exact) mass is 437 g/mol. The van der Waals surface area contributed by atoms with Gasteiger partial charge in [0.05, 0.1) is 14.7 Å². The fourth-order valence-electron chi connectivity index (χ4n) is 2.21. The number of ether oxygens (including phenoxy) is 1. The minimum absolute atomic E-state index is 0.0764. The van der Waals surface area contributed by atoms with E-state index in [4.69, 9.17) is 4.74 Å². The van der Waals surface area contributed by atoms with Gasteiger partial charge >= 0.3 is 5.97 Å². The van der Waals surface area contributed by atoms with Crippen molar-refractivity contribution in [3.8, 4) is 0 Å². The van der Waals surface area contributed by atoms with Crippen LogP contribution in [0.5, 0.6) is 0 Å². The molecule has 0 amide bonds. The van der Waals surface area contributed by atoms with Crippen molar-refractivity contribution in [2.45, 2.75) is 17.9 Å². The lowest BCUT2D eigenvalue weighted by atomic mass is 10.1. The largest absolute Gasteiger partial charge is 0.456 e. The maximum absolute atomic E-state index is 12.3. The van der Waals surface area contributed by atoms with Gasteiger partial charge in [0, 0.05) is 29.8 Å². The van der Waals surface area contributed by atoms with Crippen LogP contribution in [0.3, 0.4) is 0 Å². The van der Waals surface area contributed by atoms with E-state index in [1.54, 1.807) is 0 Å². The summed E-state index contributed by atoms with van der Waals surface area (Å²) in [5.74, 6) is -1.67. The smallest absolute Gasteiger partial charge is 0.324 e. The first kappa shape index (κ1) is 22.6. The number of nitro groups is 2. The van der Waals surface area contributed by atoms with Crippen LogP contribution in [-0.4, -0.2) is 42.7 Å². The molecule has 12 nitrogen and oxygen atoms in total. The molecular weight excluding hydrogens is 422 g/mol. The average Bonchev–Trinajstić information content (AvgIpc) is 2.71. The molecule has 0 saturated heterocycles. The Balaban J connectivity index is 1.95. The SMILES string of the molecule is CC(NS(=O)(=O)c1ccc([N+](=O)[O-])cc1)C(=O)OCC(=O)c1ccc([N+](=O)[O-])cc1. The summed E-state index contributed by atoms with van der Waals surface area (Å²) < 4.78 is 31.4. The van der Waals surface area contributed by atoms with Gasteiger partial charge in [-0.25, -0.2) is 8.42 Å². The summed E-state index contributed by atoms with van der Waals surface area (Å²) in [6.07, 6.45) is 0. The first-order chi connectivity index (χ1) is 14.0. The van der Waals surface area contributed by atoms with Crippen LogP contribution < -0.4 is 4.72 Å². The molecular formula is C17H15N3O9S. The van der Waals surface area contributed by atoms with Gasteiger partial charge in [-0.2, -0.15) is 4.72 Å². The lowest BCUT2D eigenvalue weighted by molar-refractivity contribution is -0.385. The van der Waals surface area contributed by atoms with Crippen LogP contribution >= 0.6 is 0 Å². The summed E-state index contributed by atoms with van der Waals surface area (Å²) in [7, 11) is -4.17. The van der Waals surface area contributed by atoms with Gasteiger partial charge in [-0.05, 0) is 31.2 Å². The van der Waals surface area contributed by atoms with Crippen LogP contribution in [0.15, 0.2) is 53.4 Å². The summed E-state index contributed by atoms with van der Waals surface area (Å²) >= 11 is 0. The molecule has 2 aromatic rings. The minimum atomic E-state index is -4.17. The molecule has 0 saturated carbocycles. The number of esters is 1. The summed E-state index contributed by atoms with van der Waals surface area (Å²) in [6.45, 7) is 0.502. The number of non-ortho nitro benzene ring substituents is 2. The Morgan fingerprint density at radius 1 is 0.967 bits per heavy atom. The number of nitro benzene ring substituents is 2. The van der Waals surface area contributed by atoms with E-state index < -0.39 is 44.3 Å². The molecule has 13 heteroatoms. The molecule has 0 aromatic heterocycles. The maximum Gasteiger partial charge on any atom is 0.324 e. The van der Waals surface area contributed by atoms with Crippen LogP contribution in [0, 0.1) is 20.2 Å². The average molecular weight is 437 g/mol. The van der Waals surface area contributed by atoms with Crippen molar-refractivity contribution < 1.29 is 32.6 Å². The lowest BCUT2D eigenvalue weighted by Gasteiger charge is -2.13. The molecule has 1 unspecified atom stereocenters. The van der Waals surface area contributed by atoms with Crippen molar-refractivity contribution in [2.75, 3.05) is 6.61 Å². The third kappa shape index (κ3) is 5.65. The molecule has 0 aliphatic carbocycles. The zero-order valence-electron chi connectivity index (χ0n) is 15.4. The number of Topliss-reactive ketones (excluding diaryl/α,β-unsaturated/α-hetero) is 1. The van der Waals surface area contributed by atoms with Crippen molar-refractivity contribution in [1.29, 1.82) is 0 Å². The highest BCUT2D eigenvalue weighted by Gasteiger charge is 2.24. The summed E-state index contributed by atoms with van der Waals surface area (Å²) in [4.78, 5) is 43.6. The van der Waals surface area contributed by atoms with Crippen LogP contribution in [0.1, 0.15) is 17.3 Å². The summed E-state index contributed by atoms with van der Waals surface area (Å²) in [5.41, 5.74) is -0.434.